The van der Waals surface area contributed by atoms with Crippen LogP contribution in [-0.2, 0) is 0 Å². The van der Waals surface area contributed by atoms with Crippen molar-refractivity contribution in [3.05, 3.63) is 29.6 Å². The van der Waals surface area contributed by atoms with E-state index in [4.69, 9.17) is 0 Å². The molecule has 17 heavy (non-hydrogen) atoms. The number of hydrogen-bond acceptors (Lipinski definition) is 2. The number of carbonyl (C=O) groups is 1. The van der Waals surface area contributed by atoms with Gasteiger partial charge >= 0.3 is 0 Å². The molecule has 1 amide bonds. The third-order valence-electron chi connectivity index (χ3n) is 3.17. The van der Waals surface area contributed by atoms with Crippen molar-refractivity contribution in [2.45, 2.75) is 32.2 Å². The Kier molecular flexibility index (Phi) is 4.15. The van der Waals surface area contributed by atoms with Crippen LogP contribution in [0.5, 0.6) is 0 Å². The van der Waals surface area contributed by atoms with Crippen LogP contribution in [0.1, 0.15) is 35.4 Å². The second kappa shape index (κ2) is 5.63. The van der Waals surface area contributed by atoms with Gasteiger partial charge in [0.2, 0.25) is 0 Å². The standard InChI is InChI=1S/C13H17BrN2O/c1-10-5-4-7-12(15-10)13(17)16-8-3-2-6-11(16)9-14/h4-5,7,11H,2-3,6,8-9H2,1H3. The summed E-state index contributed by atoms with van der Waals surface area (Å²) >= 11 is 3.49. The van der Waals surface area contributed by atoms with Gasteiger partial charge in [0, 0.05) is 23.6 Å². The molecule has 1 unspecified atom stereocenters. The lowest BCUT2D eigenvalue weighted by molar-refractivity contribution is 0.0635. The van der Waals surface area contributed by atoms with E-state index in [1.807, 2.05) is 24.0 Å². The van der Waals surface area contributed by atoms with E-state index in [9.17, 15) is 4.79 Å². The minimum absolute atomic E-state index is 0.0675. The molecule has 1 aromatic rings. The van der Waals surface area contributed by atoms with Crippen LogP contribution in [-0.4, -0.2) is 33.7 Å². The molecular formula is C13H17BrN2O. The Labute approximate surface area is 110 Å². The fourth-order valence-electron chi connectivity index (χ4n) is 2.24. The number of halogens is 1. The summed E-state index contributed by atoms with van der Waals surface area (Å²) in [4.78, 5) is 18.6. The van der Waals surface area contributed by atoms with Gasteiger partial charge < -0.3 is 4.90 Å². The molecule has 0 spiro atoms. The van der Waals surface area contributed by atoms with Crippen molar-refractivity contribution in [3.63, 3.8) is 0 Å². The second-order valence-electron chi connectivity index (χ2n) is 4.47. The Morgan fingerprint density at radius 1 is 1.53 bits per heavy atom. The van der Waals surface area contributed by atoms with Crippen LogP contribution >= 0.6 is 15.9 Å². The zero-order chi connectivity index (χ0) is 12.3. The van der Waals surface area contributed by atoms with E-state index in [0.29, 0.717) is 11.7 Å². The molecule has 1 aliphatic heterocycles. The molecule has 92 valence electrons. The van der Waals surface area contributed by atoms with Gasteiger partial charge in [-0.15, -0.1) is 0 Å². The zero-order valence-electron chi connectivity index (χ0n) is 10.0. The number of carbonyl (C=O) groups excluding carboxylic acids is 1. The predicted molar refractivity (Wildman–Crippen MR) is 71.4 cm³/mol. The number of pyridine rings is 1. The summed E-state index contributed by atoms with van der Waals surface area (Å²) in [5, 5.41) is 0.852. The van der Waals surface area contributed by atoms with Crippen LogP contribution in [0.4, 0.5) is 0 Å². The highest BCUT2D eigenvalue weighted by molar-refractivity contribution is 9.09. The maximum atomic E-state index is 12.4. The Bertz CT molecular complexity index is 408. The molecule has 1 fully saturated rings. The minimum atomic E-state index is 0.0675. The van der Waals surface area contributed by atoms with Crippen molar-refractivity contribution < 1.29 is 4.79 Å². The smallest absolute Gasteiger partial charge is 0.272 e. The first-order valence-corrected chi connectivity index (χ1v) is 7.15. The maximum Gasteiger partial charge on any atom is 0.272 e. The van der Waals surface area contributed by atoms with Crippen LogP contribution in [0.3, 0.4) is 0 Å². The SMILES string of the molecule is Cc1cccc(C(=O)N2CCCCC2CBr)n1. The lowest BCUT2D eigenvalue weighted by atomic mass is 10.0. The van der Waals surface area contributed by atoms with Crippen LogP contribution in [0.2, 0.25) is 0 Å². The molecule has 0 bridgehead atoms. The summed E-state index contributed by atoms with van der Waals surface area (Å²) in [6.45, 7) is 2.76. The van der Waals surface area contributed by atoms with E-state index >= 15 is 0 Å². The van der Waals surface area contributed by atoms with Gasteiger partial charge in [-0.25, -0.2) is 4.98 Å². The highest BCUT2D eigenvalue weighted by Crippen LogP contribution is 2.20. The summed E-state index contributed by atoms with van der Waals surface area (Å²) in [7, 11) is 0. The Morgan fingerprint density at radius 2 is 2.35 bits per heavy atom. The van der Waals surface area contributed by atoms with Gasteiger partial charge in [-0.2, -0.15) is 0 Å². The average molecular weight is 297 g/mol. The zero-order valence-corrected chi connectivity index (χ0v) is 11.6. The molecule has 2 rings (SSSR count). The number of nitrogens with zero attached hydrogens (tertiary/aromatic N) is 2. The first kappa shape index (κ1) is 12.6. The van der Waals surface area contributed by atoms with Crippen molar-refractivity contribution in [2.75, 3.05) is 11.9 Å². The van der Waals surface area contributed by atoms with Crippen LogP contribution < -0.4 is 0 Å². The normalized spacial score (nSPS) is 20.4. The molecule has 0 N–H and O–H groups in total. The van der Waals surface area contributed by atoms with Crippen molar-refractivity contribution in [3.8, 4) is 0 Å². The summed E-state index contributed by atoms with van der Waals surface area (Å²) in [6, 6.07) is 5.92. The number of hydrogen-bond donors (Lipinski definition) is 0. The summed E-state index contributed by atoms with van der Waals surface area (Å²) in [5.41, 5.74) is 1.46. The average Bonchev–Trinajstić information content (AvgIpc) is 2.38. The van der Waals surface area contributed by atoms with Crippen molar-refractivity contribution >= 4 is 21.8 Å². The fraction of sp³-hybridized carbons (Fsp3) is 0.538. The van der Waals surface area contributed by atoms with Crippen LogP contribution in [0.25, 0.3) is 0 Å². The molecule has 2 heterocycles. The quantitative estimate of drug-likeness (QED) is 0.786. The third kappa shape index (κ3) is 2.86. The first-order chi connectivity index (χ1) is 8.22. The Hall–Kier alpha value is -0.900. The van der Waals surface area contributed by atoms with E-state index in [1.54, 1.807) is 6.07 Å². The second-order valence-corrected chi connectivity index (χ2v) is 5.11. The molecule has 3 nitrogen and oxygen atoms in total. The van der Waals surface area contributed by atoms with E-state index in [0.717, 1.165) is 30.4 Å². The highest BCUT2D eigenvalue weighted by Gasteiger charge is 2.27. The van der Waals surface area contributed by atoms with E-state index in [1.165, 1.54) is 6.42 Å². The van der Waals surface area contributed by atoms with Gasteiger partial charge in [-0.3, -0.25) is 4.79 Å². The molecule has 0 saturated carbocycles. The number of amides is 1. The van der Waals surface area contributed by atoms with Crippen molar-refractivity contribution in [2.24, 2.45) is 0 Å². The lowest BCUT2D eigenvalue weighted by Crippen LogP contribution is -2.44. The molecule has 1 atom stereocenters. The molecule has 0 aliphatic carbocycles. The number of likely N-dealkylation sites (tertiary alicyclic amines) is 1. The summed E-state index contributed by atoms with van der Waals surface area (Å²) in [5.74, 6) is 0.0675. The molecule has 0 aromatic carbocycles. The molecule has 1 aromatic heterocycles. The number of rotatable bonds is 2. The maximum absolute atomic E-state index is 12.4. The van der Waals surface area contributed by atoms with Gasteiger partial charge in [0.1, 0.15) is 5.69 Å². The van der Waals surface area contributed by atoms with Gasteiger partial charge in [0.15, 0.2) is 0 Å². The molecule has 0 radical (unpaired) electrons. The number of aryl methyl sites for hydroxylation is 1. The fourth-order valence-corrected chi connectivity index (χ4v) is 2.91. The number of piperidine rings is 1. The molecule has 1 saturated heterocycles. The molecule has 1 aliphatic rings. The van der Waals surface area contributed by atoms with Gasteiger partial charge in [0.05, 0.1) is 0 Å². The molecular weight excluding hydrogens is 280 g/mol. The van der Waals surface area contributed by atoms with Gasteiger partial charge in [-0.05, 0) is 38.3 Å². The monoisotopic (exact) mass is 296 g/mol. The topological polar surface area (TPSA) is 33.2 Å². The lowest BCUT2D eigenvalue weighted by Gasteiger charge is -2.34. The predicted octanol–water partition coefficient (Wildman–Crippen LogP) is 2.78. The van der Waals surface area contributed by atoms with Gasteiger partial charge in [0.25, 0.3) is 5.91 Å². The first-order valence-electron chi connectivity index (χ1n) is 6.03. The largest absolute Gasteiger partial charge is 0.333 e. The third-order valence-corrected chi connectivity index (χ3v) is 3.92. The van der Waals surface area contributed by atoms with E-state index < -0.39 is 0 Å². The van der Waals surface area contributed by atoms with Crippen molar-refractivity contribution in [1.82, 2.24) is 9.88 Å². The minimum Gasteiger partial charge on any atom is -0.333 e. The molecule has 4 heteroatoms. The highest BCUT2D eigenvalue weighted by atomic mass is 79.9. The Morgan fingerprint density at radius 3 is 3.06 bits per heavy atom. The van der Waals surface area contributed by atoms with Crippen LogP contribution in [0.15, 0.2) is 18.2 Å². The number of alkyl halides is 1. The summed E-state index contributed by atoms with van der Waals surface area (Å²) < 4.78 is 0. The van der Waals surface area contributed by atoms with E-state index in [2.05, 4.69) is 20.9 Å². The van der Waals surface area contributed by atoms with Crippen molar-refractivity contribution in [1.29, 1.82) is 0 Å². The number of aromatic nitrogens is 1. The van der Waals surface area contributed by atoms with E-state index in [-0.39, 0.29) is 5.91 Å². The summed E-state index contributed by atoms with van der Waals surface area (Å²) in [6.07, 6.45) is 3.39. The Balaban J connectivity index is 2.18. The van der Waals surface area contributed by atoms with Crippen LogP contribution in [0, 0.1) is 6.92 Å². The van der Waals surface area contributed by atoms with Gasteiger partial charge in [-0.1, -0.05) is 22.0 Å².